The largest absolute Gasteiger partial charge is 0.486 e. The number of aryl methyl sites for hydroxylation is 1. The van der Waals surface area contributed by atoms with Gasteiger partial charge in [0, 0.05) is 6.04 Å². The van der Waals surface area contributed by atoms with Gasteiger partial charge in [-0.1, -0.05) is 28.0 Å². The number of nitrogens with two attached hydrogens (primary N) is 1. The Hall–Kier alpha value is -1.59. The van der Waals surface area contributed by atoms with Crippen molar-refractivity contribution in [3.05, 3.63) is 40.2 Å². The Morgan fingerprint density at radius 3 is 2.78 bits per heavy atom. The highest BCUT2D eigenvalue weighted by Crippen LogP contribution is 2.28. The van der Waals surface area contributed by atoms with E-state index in [1.165, 1.54) is 0 Å². The number of aromatic nitrogens is 2. The van der Waals surface area contributed by atoms with Gasteiger partial charge < -0.3 is 10.5 Å². The lowest BCUT2D eigenvalue weighted by Crippen LogP contribution is -2.05. The summed E-state index contributed by atoms with van der Waals surface area (Å²) in [5, 5.41) is 7.93. The van der Waals surface area contributed by atoms with Crippen LogP contribution >= 0.6 is 11.6 Å². The molecule has 0 saturated carbocycles. The van der Waals surface area contributed by atoms with E-state index in [0.717, 1.165) is 5.56 Å². The van der Waals surface area contributed by atoms with Crippen LogP contribution in [0.5, 0.6) is 5.75 Å². The van der Waals surface area contributed by atoms with Crippen molar-refractivity contribution < 1.29 is 9.37 Å². The summed E-state index contributed by atoms with van der Waals surface area (Å²) < 4.78 is 10.1. The molecule has 0 amide bonds. The number of ether oxygens (including phenoxy) is 1. The lowest BCUT2D eigenvalue weighted by Gasteiger charge is -2.10. The molecule has 1 atom stereocenters. The molecule has 2 rings (SSSR count). The molecule has 0 aliphatic carbocycles. The molecule has 96 valence electrons. The first-order valence-corrected chi connectivity index (χ1v) is 5.91. The van der Waals surface area contributed by atoms with Gasteiger partial charge in [-0.25, -0.2) is 4.63 Å². The minimum absolute atomic E-state index is 0.0569. The highest BCUT2D eigenvalue weighted by atomic mass is 35.5. The number of benzene rings is 1. The van der Waals surface area contributed by atoms with Gasteiger partial charge in [-0.05, 0) is 31.5 Å². The van der Waals surface area contributed by atoms with Crippen LogP contribution in [0.15, 0.2) is 22.8 Å². The third kappa shape index (κ3) is 2.80. The lowest BCUT2D eigenvalue weighted by atomic mass is 10.1. The van der Waals surface area contributed by atoms with Gasteiger partial charge in [-0.15, -0.1) is 0 Å². The molecule has 1 aromatic heterocycles. The van der Waals surface area contributed by atoms with E-state index in [2.05, 4.69) is 14.9 Å². The molecule has 0 bridgehead atoms. The fourth-order valence-electron chi connectivity index (χ4n) is 1.44. The van der Waals surface area contributed by atoms with E-state index in [1.54, 1.807) is 19.1 Å². The number of nitrogens with zero attached hydrogens (tertiary/aromatic N) is 2. The average molecular weight is 268 g/mol. The Bertz CT molecular complexity index is 540. The Labute approximate surface area is 110 Å². The molecular formula is C12H14ClN3O2. The van der Waals surface area contributed by atoms with Crippen molar-refractivity contribution in [1.82, 2.24) is 10.3 Å². The molecule has 0 saturated heterocycles. The molecule has 0 spiro atoms. The van der Waals surface area contributed by atoms with Gasteiger partial charge in [0.05, 0.1) is 5.02 Å². The van der Waals surface area contributed by atoms with E-state index in [4.69, 9.17) is 22.1 Å². The minimum atomic E-state index is -0.0569. The second-order valence-electron chi connectivity index (χ2n) is 4.06. The molecule has 0 aliphatic heterocycles. The van der Waals surface area contributed by atoms with Crippen LogP contribution in [0.2, 0.25) is 5.02 Å². The number of rotatable bonds is 4. The Kier molecular flexibility index (Phi) is 3.84. The number of halogens is 1. The molecule has 0 fully saturated rings. The maximum absolute atomic E-state index is 6.11. The predicted octanol–water partition coefficient (Wildman–Crippen LogP) is 2.63. The third-order valence-corrected chi connectivity index (χ3v) is 2.89. The van der Waals surface area contributed by atoms with Crippen molar-refractivity contribution in [2.45, 2.75) is 26.5 Å². The van der Waals surface area contributed by atoms with Crippen LogP contribution in [0.25, 0.3) is 0 Å². The maximum atomic E-state index is 6.11. The summed E-state index contributed by atoms with van der Waals surface area (Å²) in [7, 11) is 0. The van der Waals surface area contributed by atoms with E-state index >= 15 is 0 Å². The van der Waals surface area contributed by atoms with Crippen LogP contribution in [-0.4, -0.2) is 10.3 Å². The predicted molar refractivity (Wildman–Crippen MR) is 67.4 cm³/mol. The third-order valence-electron chi connectivity index (χ3n) is 2.59. The molecule has 2 aromatic rings. The van der Waals surface area contributed by atoms with Gasteiger partial charge in [0.15, 0.2) is 0 Å². The zero-order valence-corrected chi connectivity index (χ0v) is 10.9. The molecule has 0 radical (unpaired) electrons. The molecule has 6 heteroatoms. The van der Waals surface area contributed by atoms with Gasteiger partial charge in [0.2, 0.25) is 0 Å². The normalized spacial score (nSPS) is 12.4. The number of hydrogen-bond donors (Lipinski definition) is 1. The smallest absolute Gasteiger partial charge is 0.145 e. The fourth-order valence-corrected chi connectivity index (χ4v) is 1.69. The molecule has 18 heavy (non-hydrogen) atoms. The monoisotopic (exact) mass is 267 g/mol. The van der Waals surface area contributed by atoms with E-state index in [1.807, 2.05) is 13.0 Å². The van der Waals surface area contributed by atoms with Gasteiger partial charge in [0.25, 0.3) is 0 Å². The van der Waals surface area contributed by atoms with Crippen molar-refractivity contribution in [2.24, 2.45) is 5.73 Å². The van der Waals surface area contributed by atoms with Crippen molar-refractivity contribution in [1.29, 1.82) is 0 Å². The standard InChI is InChI=1S/C12H14ClN3O2/c1-7(14)9-3-4-12(10(13)5-9)17-6-11-8(2)15-18-16-11/h3-5,7H,6,14H2,1-2H3. The zero-order valence-electron chi connectivity index (χ0n) is 10.2. The average Bonchev–Trinajstić information content (AvgIpc) is 2.73. The van der Waals surface area contributed by atoms with Gasteiger partial charge in [0.1, 0.15) is 23.7 Å². The summed E-state index contributed by atoms with van der Waals surface area (Å²) in [5.41, 5.74) is 8.10. The molecule has 5 nitrogen and oxygen atoms in total. The maximum Gasteiger partial charge on any atom is 0.145 e. The first kappa shape index (κ1) is 12.9. The second kappa shape index (κ2) is 5.37. The zero-order chi connectivity index (χ0) is 13.1. The van der Waals surface area contributed by atoms with Crippen molar-refractivity contribution >= 4 is 11.6 Å². The van der Waals surface area contributed by atoms with E-state index < -0.39 is 0 Å². The minimum Gasteiger partial charge on any atom is -0.486 e. The SMILES string of the molecule is Cc1nonc1COc1ccc(C(C)N)cc1Cl. The highest BCUT2D eigenvalue weighted by molar-refractivity contribution is 6.32. The summed E-state index contributed by atoms with van der Waals surface area (Å²) in [6.07, 6.45) is 0. The summed E-state index contributed by atoms with van der Waals surface area (Å²) in [6, 6.07) is 5.43. The number of hydrogen-bond acceptors (Lipinski definition) is 5. The van der Waals surface area contributed by atoms with Gasteiger partial charge in [-0.3, -0.25) is 0 Å². The fraction of sp³-hybridized carbons (Fsp3) is 0.333. The first-order valence-electron chi connectivity index (χ1n) is 5.54. The Morgan fingerprint density at radius 2 is 2.22 bits per heavy atom. The molecular weight excluding hydrogens is 254 g/mol. The van der Waals surface area contributed by atoms with Crippen LogP contribution in [-0.2, 0) is 6.61 Å². The Balaban J connectivity index is 2.08. The van der Waals surface area contributed by atoms with Gasteiger partial charge in [-0.2, -0.15) is 0 Å². The first-order chi connectivity index (χ1) is 8.58. The van der Waals surface area contributed by atoms with E-state index in [9.17, 15) is 0 Å². The van der Waals surface area contributed by atoms with E-state index in [-0.39, 0.29) is 12.6 Å². The van der Waals surface area contributed by atoms with Crippen molar-refractivity contribution in [3.8, 4) is 5.75 Å². The summed E-state index contributed by atoms with van der Waals surface area (Å²) in [6.45, 7) is 3.97. The summed E-state index contributed by atoms with van der Waals surface area (Å²) in [4.78, 5) is 0. The molecule has 1 aromatic carbocycles. The molecule has 0 aliphatic rings. The molecule has 1 heterocycles. The van der Waals surface area contributed by atoms with Crippen LogP contribution in [0.3, 0.4) is 0 Å². The summed E-state index contributed by atoms with van der Waals surface area (Å²) >= 11 is 6.11. The topological polar surface area (TPSA) is 74.2 Å². The van der Waals surface area contributed by atoms with Crippen LogP contribution in [0, 0.1) is 6.92 Å². The van der Waals surface area contributed by atoms with Crippen molar-refractivity contribution in [3.63, 3.8) is 0 Å². The molecule has 2 N–H and O–H groups in total. The van der Waals surface area contributed by atoms with Crippen LogP contribution < -0.4 is 10.5 Å². The summed E-state index contributed by atoms with van der Waals surface area (Å²) in [5.74, 6) is 0.587. The van der Waals surface area contributed by atoms with Gasteiger partial charge >= 0.3 is 0 Å². The van der Waals surface area contributed by atoms with E-state index in [0.29, 0.717) is 22.2 Å². The van der Waals surface area contributed by atoms with Crippen molar-refractivity contribution in [2.75, 3.05) is 0 Å². The quantitative estimate of drug-likeness (QED) is 0.922. The lowest BCUT2D eigenvalue weighted by molar-refractivity contribution is 0.270. The van der Waals surface area contributed by atoms with Crippen LogP contribution in [0.4, 0.5) is 0 Å². The molecule has 1 unspecified atom stereocenters. The second-order valence-corrected chi connectivity index (χ2v) is 4.47. The van der Waals surface area contributed by atoms with Crippen LogP contribution in [0.1, 0.15) is 29.9 Å². The highest BCUT2D eigenvalue weighted by Gasteiger charge is 2.09. The Morgan fingerprint density at radius 1 is 1.44 bits per heavy atom.